The number of benzene rings is 7. The summed E-state index contributed by atoms with van der Waals surface area (Å²) < 4.78 is 174. The molecule has 32 heteroatoms. The third-order valence-electron chi connectivity index (χ3n) is 10.0. The van der Waals surface area contributed by atoms with Gasteiger partial charge in [0.05, 0.1) is 49.9 Å². The van der Waals surface area contributed by atoms with Crippen molar-refractivity contribution in [3.05, 3.63) is 109 Å². The van der Waals surface area contributed by atoms with Crippen molar-refractivity contribution in [2.45, 2.75) is 31.4 Å². The van der Waals surface area contributed by atoms with E-state index in [0.717, 1.165) is 54.6 Å². The number of aromatic hydroxyl groups is 2. The third-order valence-corrected chi connectivity index (χ3v) is 14.3. The van der Waals surface area contributed by atoms with E-state index >= 15 is 0 Å². The fourth-order valence-electron chi connectivity index (χ4n) is 6.67. The molecule has 27 nitrogen and oxygen atoms in total. The van der Waals surface area contributed by atoms with Crippen LogP contribution >= 0.6 is 0 Å². The minimum absolute atomic E-state index is 0.00233. The van der Waals surface area contributed by atoms with Crippen molar-refractivity contribution in [3.63, 3.8) is 0 Å². The smallest absolute Gasteiger partial charge is 0.296 e. The molecule has 0 saturated carbocycles. The quantitative estimate of drug-likeness (QED) is 0.0212. The van der Waals surface area contributed by atoms with Crippen LogP contribution in [0.5, 0.6) is 17.2 Å². The number of aryl methyl sites for hydroxylation is 1. The highest BCUT2D eigenvalue weighted by molar-refractivity contribution is 7.87. The van der Waals surface area contributed by atoms with Gasteiger partial charge in [0.1, 0.15) is 38.4 Å². The number of fused-ring (bicyclic) bond motifs is 2. The number of phenols is 2. The van der Waals surface area contributed by atoms with E-state index in [2.05, 4.69) is 41.0 Å². The number of hydrogen-bond donors (Lipinski definition) is 9. The van der Waals surface area contributed by atoms with E-state index in [1.165, 1.54) is 49.6 Å². The highest BCUT2D eigenvalue weighted by Gasteiger charge is 2.25. The van der Waals surface area contributed by atoms with Crippen molar-refractivity contribution in [2.75, 3.05) is 12.4 Å². The highest BCUT2D eigenvalue weighted by atomic mass is 32.2. The summed E-state index contributed by atoms with van der Waals surface area (Å²) in [5, 5.41) is 58.0. The van der Waals surface area contributed by atoms with Crippen molar-refractivity contribution < 1.29 is 84.9 Å². The molecular weight excluding hydrogens is 1070 g/mol. The Hall–Kier alpha value is -7.92. The lowest BCUT2D eigenvalue weighted by atomic mass is 10.1. The Kier molecular flexibility index (Phi) is 14.2. The van der Waals surface area contributed by atoms with E-state index in [0.29, 0.717) is 11.6 Å². The second-order valence-electron chi connectivity index (χ2n) is 15.0. The summed E-state index contributed by atoms with van der Waals surface area (Å²) in [5.74, 6) is -1.58. The first-order chi connectivity index (χ1) is 33.9. The van der Waals surface area contributed by atoms with E-state index in [9.17, 15) is 75.6 Å². The van der Waals surface area contributed by atoms with Gasteiger partial charge in [0.25, 0.3) is 56.6 Å². The van der Waals surface area contributed by atoms with Gasteiger partial charge in [-0.15, -0.1) is 15.3 Å². The lowest BCUT2D eigenvalue weighted by Crippen LogP contribution is -2.10. The summed E-state index contributed by atoms with van der Waals surface area (Å²) in [6.07, 6.45) is 0. The fourth-order valence-corrected chi connectivity index (χ4v) is 9.52. The second-order valence-corrected chi connectivity index (χ2v) is 22.0. The Morgan fingerprint density at radius 2 is 1.08 bits per heavy atom. The van der Waals surface area contributed by atoms with Crippen LogP contribution in [0.25, 0.3) is 21.5 Å². The summed E-state index contributed by atoms with van der Waals surface area (Å²) in [6.45, 7) is 1.55. The predicted molar refractivity (Wildman–Crippen MR) is 257 cm³/mol. The van der Waals surface area contributed by atoms with Crippen molar-refractivity contribution in [1.82, 2.24) is 0 Å². The number of azo groups is 3. The number of anilines is 1. The molecule has 380 valence electrons. The van der Waals surface area contributed by atoms with Crippen LogP contribution in [-0.4, -0.2) is 93.3 Å². The summed E-state index contributed by atoms with van der Waals surface area (Å²) in [5.41, 5.74) is -1.70. The van der Waals surface area contributed by atoms with E-state index in [1.54, 1.807) is 6.92 Å². The van der Waals surface area contributed by atoms with Gasteiger partial charge in [0.2, 0.25) is 0 Å². The van der Waals surface area contributed by atoms with Crippen LogP contribution in [0.4, 0.5) is 45.5 Å². The van der Waals surface area contributed by atoms with Crippen LogP contribution in [-0.2, 0) is 50.6 Å². The van der Waals surface area contributed by atoms with Gasteiger partial charge >= 0.3 is 0 Å². The number of nitrogens with zero attached hydrogens (tertiary/aromatic N) is 7. The average molecular weight is 1100 g/mol. The van der Waals surface area contributed by atoms with Gasteiger partial charge < -0.3 is 25.4 Å². The number of methoxy groups -OCH3 is 1. The molecule has 0 aliphatic rings. The highest BCUT2D eigenvalue weighted by Crippen LogP contribution is 2.44. The molecule has 0 saturated heterocycles. The molecule has 7 aromatic rings. The fraction of sp³-hybridized carbons (Fsp3) is 0.0488. The zero-order chi connectivity index (χ0) is 53.6. The Balaban J connectivity index is 1.19. The van der Waals surface area contributed by atoms with Crippen LogP contribution in [0.15, 0.2) is 163 Å². The molecule has 0 fully saturated rings. The first kappa shape index (κ1) is 52.9. The Labute approximate surface area is 412 Å². The van der Waals surface area contributed by atoms with Crippen molar-refractivity contribution in [1.29, 1.82) is 0 Å². The molecule has 9 N–H and O–H groups in total. The molecule has 0 heterocycles. The van der Waals surface area contributed by atoms with Crippen LogP contribution in [0.3, 0.4) is 0 Å². The topological polar surface area (TPSA) is 440 Å². The van der Waals surface area contributed by atoms with Gasteiger partial charge in [-0.05, 0) is 120 Å². The Bertz CT molecular complexity index is 4170. The molecule has 0 atom stereocenters. The largest absolute Gasteiger partial charge is 0.507 e. The molecule has 0 radical (unpaired) electrons. The summed E-state index contributed by atoms with van der Waals surface area (Å²) in [6, 6.07) is 16.9. The molecule has 0 aliphatic heterocycles. The van der Waals surface area contributed by atoms with E-state index in [1.807, 2.05) is 0 Å². The SMILES string of the molecule is COc1cc(C)c(N=Nc2cc(S(=O)(=O)O)cc3cc(S(=O)(=O)O)cc(O)c23)cc1N=C(O)Nc1ccc2c(O)c(N=Nc3ccc(N=Nc4ccc(S(=O)(=O)O)cc4)cc3S(=O)(=O)O)c(S(=O)(=O)O)cc2c1. The van der Waals surface area contributed by atoms with E-state index < -0.39 is 104 Å². The minimum atomic E-state index is -5.25. The molecule has 0 amide bonds. The number of aliphatic imine (C=N–C) groups is 1. The predicted octanol–water partition coefficient (Wildman–Crippen LogP) is 8.86. The van der Waals surface area contributed by atoms with E-state index in [4.69, 9.17) is 9.29 Å². The number of hydrogen-bond acceptors (Lipinski definition) is 20. The minimum Gasteiger partial charge on any atom is -0.507 e. The molecule has 0 spiro atoms. The lowest BCUT2D eigenvalue weighted by molar-refractivity contribution is 0.415. The molecule has 0 bridgehead atoms. The van der Waals surface area contributed by atoms with Crippen LogP contribution in [0.1, 0.15) is 5.56 Å². The number of nitrogens with one attached hydrogen (secondary N) is 1. The Morgan fingerprint density at radius 1 is 0.507 bits per heavy atom. The molecule has 0 aliphatic carbocycles. The van der Waals surface area contributed by atoms with Crippen molar-refractivity contribution in [2.24, 2.45) is 35.7 Å². The van der Waals surface area contributed by atoms with Gasteiger partial charge in [-0.2, -0.15) is 62.4 Å². The number of aliphatic hydroxyl groups excluding tert-OH is 1. The van der Waals surface area contributed by atoms with Gasteiger partial charge in [0.15, 0.2) is 5.75 Å². The van der Waals surface area contributed by atoms with Crippen LogP contribution in [0, 0.1) is 6.92 Å². The van der Waals surface area contributed by atoms with Gasteiger partial charge in [-0.1, -0.05) is 0 Å². The van der Waals surface area contributed by atoms with E-state index in [-0.39, 0.29) is 61.4 Å². The maximum atomic E-state index is 12.6. The van der Waals surface area contributed by atoms with Gasteiger partial charge in [-0.3, -0.25) is 22.8 Å². The van der Waals surface area contributed by atoms with Crippen molar-refractivity contribution in [3.8, 4) is 17.2 Å². The monoisotopic (exact) mass is 1100 g/mol. The second kappa shape index (κ2) is 19.6. The molecular formula is C41H32N8O19S5. The average Bonchev–Trinajstić information content (AvgIpc) is 3.28. The molecule has 7 rings (SSSR count). The lowest BCUT2D eigenvalue weighted by Gasteiger charge is -2.12. The zero-order valence-corrected chi connectivity index (χ0v) is 40.6. The molecule has 0 unspecified atom stereocenters. The first-order valence-electron chi connectivity index (χ1n) is 19.6. The van der Waals surface area contributed by atoms with Crippen molar-refractivity contribution >= 4 is 124 Å². The molecule has 0 aromatic heterocycles. The maximum absolute atomic E-state index is 12.6. The molecule has 7 aromatic carbocycles. The number of amidine groups is 1. The Morgan fingerprint density at radius 3 is 1.68 bits per heavy atom. The summed E-state index contributed by atoms with van der Waals surface area (Å²) in [7, 11) is -23.4. The summed E-state index contributed by atoms with van der Waals surface area (Å²) >= 11 is 0. The van der Waals surface area contributed by atoms with Gasteiger partial charge in [0, 0.05) is 17.1 Å². The van der Waals surface area contributed by atoms with Crippen LogP contribution in [0.2, 0.25) is 0 Å². The summed E-state index contributed by atoms with van der Waals surface area (Å²) in [4.78, 5) is 0.154. The number of rotatable bonds is 14. The number of phenolic OH excluding ortho intramolecular Hbond substituents is 2. The number of aliphatic hydroxyl groups is 1. The van der Waals surface area contributed by atoms with Crippen LogP contribution < -0.4 is 10.1 Å². The molecule has 73 heavy (non-hydrogen) atoms. The third kappa shape index (κ3) is 12.1. The zero-order valence-electron chi connectivity index (χ0n) is 36.6. The maximum Gasteiger partial charge on any atom is 0.296 e. The normalized spacial score (nSPS) is 13.2. The first-order valence-corrected chi connectivity index (χ1v) is 26.8. The number of ether oxygens (including phenoxy) is 1. The van der Waals surface area contributed by atoms with Gasteiger partial charge in [-0.25, -0.2) is 0 Å². The standard InChI is InChI=1S/C41H32N8O19S5/c1-20-11-35(68-2)32(19-31(20)47-48-33-17-27(70(56,57)58)13-22-14-28(71(59,60)61)18-34(50)38(22)33)43-41(52)42-24-5-9-29-21(12-24)15-37(73(65,66)67)39(40(29)51)49-46-30-10-6-25(16-36(30)72(62,63)64)45-44-23-3-7-26(8-4-23)69(53,54)55/h3-19,50-51H,1-2H3,(H2,42,43,52)(H,53,54,55)(H,56,57,58)(H,59,60,61)(H,62,63,64)(H,65,66,67).